The van der Waals surface area contributed by atoms with Crippen LogP contribution in [-0.4, -0.2) is 9.13 Å². The van der Waals surface area contributed by atoms with Crippen molar-refractivity contribution in [3.8, 4) is 22.5 Å². The highest BCUT2D eigenvalue weighted by Gasteiger charge is 2.35. The molecule has 0 fully saturated rings. The number of hydrogen-bond donors (Lipinski definition) is 0. The Morgan fingerprint density at radius 2 is 1.04 bits per heavy atom. The fourth-order valence-electron chi connectivity index (χ4n) is 8.72. The fraction of sp³-hybridized carbons (Fsp3) is 0.0667. The molecule has 226 valence electrons. The molecule has 11 rings (SSSR count). The van der Waals surface area contributed by atoms with E-state index in [1.54, 1.807) is 0 Å². The Kier molecular flexibility index (Phi) is 4.91. The van der Waals surface area contributed by atoms with Crippen LogP contribution in [-0.2, 0) is 5.41 Å². The Labute approximate surface area is 276 Å². The summed E-state index contributed by atoms with van der Waals surface area (Å²) in [6, 6.07) is 53.2. The molecule has 0 saturated carbocycles. The first-order chi connectivity index (χ1) is 23.6. The van der Waals surface area contributed by atoms with Crippen LogP contribution in [0.4, 0.5) is 0 Å². The molecule has 0 N–H and O–H groups in total. The maximum atomic E-state index is 6.67. The lowest BCUT2D eigenvalue weighted by Crippen LogP contribution is -2.15. The van der Waals surface area contributed by atoms with E-state index in [1.807, 2.05) is 6.07 Å². The van der Waals surface area contributed by atoms with E-state index in [-0.39, 0.29) is 5.41 Å². The van der Waals surface area contributed by atoms with Crippen molar-refractivity contribution in [1.82, 2.24) is 9.13 Å². The molecule has 0 bridgehead atoms. The molecular weight excluding hydrogens is 585 g/mol. The van der Waals surface area contributed by atoms with Gasteiger partial charge in [0.2, 0.25) is 0 Å². The number of furan rings is 1. The van der Waals surface area contributed by atoms with E-state index in [4.69, 9.17) is 4.42 Å². The predicted molar refractivity (Wildman–Crippen MR) is 200 cm³/mol. The van der Waals surface area contributed by atoms with Crippen LogP contribution in [0.1, 0.15) is 25.0 Å². The maximum Gasteiger partial charge on any atom is 0.145 e. The van der Waals surface area contributed by atoms with Crippen molar-refractivity contribution >= 4 is 65.6 Å². The summed E-state index contributed by atoms with van der Waals surface area (Å²) in [5.41, 5.74) is 14.2. The third-order valence-electron chi connectivity index (χ3n) is 10.9. The van der Waals surface area contributed by atoms with Crippen LogP contribution >= 0.6 is 0 Å². The van der Waals surface area contributed by atoms with Gasteiger partial charge in [0, 0.05) is 43.7 Å². The monoisotopic (exact) mass is 614 g/mol. The third-order valence-corrected chi connectivity index (χ3v) is 10.9. The number of hydrogen-bond acceptors (Lipinski definition) is 1. The molecule has 1 aliphatic rings. The minimum Gasteiger partial charge on any atom is -0.455 e. The first-order valence-corrected chi connectivity index (χ1v) is 16.7. The normalized spacial score (nSPS) is 13.8. The van der Waals surface area contributed by atoms with Gasteiger partial charge in [0.1, 0.15) is 11.2 Å². The smallest absolute Gasteiger partial charge is 0.145 e. The Bertz CT molecular complexity index is 2930. The molecule has 0 unspecified atom stereocenters. The van der Waals surface area contributed by atoms with E-state index < -0.39 is 0 Å². The van der Waals surface area contributed by atoms with Crippen molar-refractivity contribution in [2.24, 2.45) is 0 Å². The van der Waals surface area contributed by atoms with E-state index in [0.717, 1.165) is 49.7 Å². The van der Waals surface area contributed by atoms with E-state index in [2.05, 4.69) is 163 Å². The molecule has 3 nitrogen and oxygen atoms in total. The molecular formula is C45H30N2O. The second kappa shape index (κ2) is 9.05. The van der Waals surface area contributed by atoms with Gasteiger partial charge in [-0.1, -0.05) is 98.8 Å². The summed E-state index contributed by atoms with van der Waals surface area (Å²) in [5, 5.41) is 7.15. The van der Waals surface area contributed by atoms with Gasteiger partial charge in [-0.25, -0.2) is 0 Å². The lowest BCUT2D eigenvalue weighted by Gasteiger charge is -2.22. The molecule has 0 spiro atoms. The number of para-hydroxylation sites is 3. The largest absolute Gasteiger partial charge is 0.455 e. The average molecular weight is 615 g/mol. The summed E-state index contributed by atoms with van der Waals surface area (Å²) in [6.07, 6.45) is 0. The third kappa shape index (κ3) is 3.23. The predicted octanol–water partition coefficient (Wildman–Crippen LogP) is 12.1. The highest BCUT2D eigenvalue weighted by Crippen LogP contribution is 2.50. The molecule has 7 aromatic carbocycles. The average Bonchev–Trinajstić information content (AvgIpc) is 3.83. The standard InChI is InChI=1S/C45H30N2O/c1-45(2)36-15-7-3-11-29(36)30-21-19-27(25-37(30)45)47-40-24-23-34-33-14-6-10-18-42(33)48-44(34)43(40)35-22-20-28(26-41(35)47)46-38-16-8-4-12-31(38)32-13-5-9-17-39(32)46/h3-26H,1-2H3. The van der Waals surface area contributed by atoms with Gasteiger partial charge in [-0.3, -0.25) is 0 Å². The molecule has 0 aliphatic heterocycles. The van der Waals surface area contributed by atoms with Crippen molar-refractivity contribution in [2.45, 2.75) is 19.3 Å². The lowest BCUT2D eigenvalue weighted by molar-refractivity contribution is 0.660. The Morgan fingerprint density at radius 1 is 0.438 bits per heavy atom. The van der Waals surface area contributed by atoms with Crippen LogP contribution in [0.3, 0.4) is 0 Å². The zero-order valence-corrected chi connectivity index (χ0v) is 26.7. The molecule has 0 radical (unpaired) electrons. The van der Waals surface area contributed by atoms with E-state index >= 15 is 0 Å². The summed E-state index contributed by atoms with van der Waals surface area (Å²) in [7, 11) is 0. The zero-order valence-electron chi connectivity index (χ0n) is 26.7. The van der Waals surface area contributed by atoms with Crippen molar-refractivity contribution in [1.29, 1.82) is 0 Å². The summed E-state index contributed by atoms with van der Waals surface area (Å²) < 4.78 is 11.5. The van der Waals surface area contributed by atoms with Crippen molar-refractivity contribution in [3.05, 3.63) is 157 Å². The molecule has 0 amide bonds. The summed E-state index contributed by atoms with van der Waals surface area (Å²) in [6.45, 7) is 4.71. The van der Waals surface area contributed by atoms with Crippen LogP contribution in [0.2, 0.25) is 0 Å². The quantitative estimate of drug-likeness (QED) is 0.190. The summed E-state index contributed by atoms with van der Waals surface area (Å²) >= 11 is 0. The molecule has 10 aromatic rings. The number of aromatic nitrogens is 2. The SMILES string of the molecule is CC1(C)c2ccccc2-c2ccc(-n3c4cc(-n5c6ccccc6c6ccccc65)ccc4c4c5oc6ccccc6c5ccc43)cc21. The Morgan fingerprint density at radius 3 is 1.85 bits per heavy atom. The number of benzene rings is 7. The van der Waals surface area contributed by atoms with Gasteiger partial charge in [0.25, 0.3) is 0 Å². The van der Waals surface area contributed by atoms with Gasteiger partial charge in [0.05, 0.1) is 27.5 Å². The van der Waals surface area contributed by atoms with Gasteiger partial charge in [-0.05, 0) is 82.9 Å². The molecule has 3 aromatic heterocycles. The van der Waals surface area contributed by atoms with Crippen molar-refractivity contribution in [3.63, 3.8) is 0 Å². The van der Waals surface area contributed by atoms with Gasteiger partial charge in [0.15, 0.2) is 0 Å². The molecule has 48 heavy (non-hydrogen) atoms. The first-order valence-electron chi connectivity index (χ1n) is 16.7. The van der Waals surface area contributed by atoms with E-state index in [1.165, 1.54) is 49.4 Å². The van der Waals surface area contributed by atoms with Crippen LogP contribution in [0.5, 0.6) is 0 Å². The molecule has 3 heteroatoms. The van der Waals surface area contributed by atoms with Crippen LogP contribution < -0.4 is 0 Å². The van der Waals surface area contributed by atoms with Crippen molar-refractivity contribution < 1.29 is 4.42 Å². The maximum absolute atomic E-state index is 6.67. The Balaban J connectivity index is 1.26. The Hall–Kier alpha value is -6.06. The van der Waals surface area contributed by atoms with Crippen LogP contribution in [0.25, 0.3) is 88.1 Å². The highest BCUT2D eigenvalue weighted by molar-refractivity contribution is 6.24. The topological polar surface area (TPSA) is 23.0 Å². The number of nitrogens with zero attached hydrogens (tertiary/aromatic N) is 2. The van der Waals surface area contributed by atoms with E-state index in [0.29, 0.717) is 0 Å². The van der Waals surface area contributed by atoms with Crippen LogP contribution in [0, 0.1) is 0 Å². The van der Waals surface area contributed by atoms with Gasteiger partial charge in [-0.15, -0.1) is 0 Å². The molecule has 0 atom stereocenters. The first kappa shape index (κ1) is 26.1. The van der Waals surface area contributed by atoms with E-state index in [9.17, 15) is 0 Å². The molecule has 1 aliphatic carbocycles. The van der Waals surface area contributed by atoms with Gasteiger partial charge < -0.3 is 13.6 Å². The second-order valence-corrected chi connectivity index (χ2v) is 13.7. The van der Waals surface area contributed by atoms with Gasteiger partial charge in [-0.2, -0.15) is 0 Å². The van der Waals surface area contributed by atoms with Crippen molar-refractivity contribution in [2.75, 3.05) is 0 Å². The van der Waals surface area contributed by atoms with Crippen LogP contribution in [0.15, 0.2) is 150 Å². The minimum absolute atomic E-state index is 0.0964. The number of rotatable bonds is 2. The molecule has 0 saturated heterocycles. The van der Waals surface area contributed by atoms with Gasteiger partial charge >= 0.3 is 0 Å². The fourth-order valence-corrected chi connectivity index (χ4v) is 8.72. The minimum atomic E-state index is -0.0964. The highest BCUT2D eigenvalue weighted by atomic mass is 16.3. The number of fused-ring (bicyclic) bond motifs is 13. The lowest BCUT2D eigenvalue weighted by atomic mass is 9.82. The second-order valence-electron chi connectivity index (χ2n) is 13.7. The molecule has 3 heterocycles. The zero-order chi connectivity index (χ0) is 31.7. The summed E-state index contributed by atoms with van der Waals surface area (Å²) in [5.74, 6) is 0. The summed E-state index contributed by atoms with van der Waals surface area (Å²) in [4.78, 5) is 0.